The number of rotatable bonds is 5. The average molecular weight is 296 g/mol. The summed E-state index contributed by atoms with van der Waals surface area (Å²) in [6.45, 7) is -0.272. The largest absolute Gasteiger partial charge is 0.294 e. The van der Waals surface area contributed by atoms with Gasteiger partial charge in [-0.1, -0.05) is 30.9 Å². The number of hydrogen-bond donors (Lipinski definition) is 0. The van der Waals surface area contributed by atoms with Crippen LogP contribution in [0.25, 0.3) is 0 Å². The Morgan fingerprint density at radius 2 is 1.85 bits per heavy atom. The van der Waals surface area contributed by atoms with Gasteiger partial charge in [-0.2, -0.15) is 0 Å². The predicted molar refractivity (Wildman–Crippen MR) is 77.7 cm³/mol. The van der Waals surface area contributed by atoms with Crippen LogP contribution in [0.3, 0.4) is 0 Å². The van der Waals surface area contributed by atoms with E-state index in [9.17, 15) is 14.9 Å². The van der Waals surface area contributed by atoms with Crippen molar-refractivity contribution in [2.75, 3.05) is 6.54 Å². The van der Waals surface area contributed by atoms with Crippen molar-refractivity contribution in [2.24, 2.45) is 11.8 Å². The van der Waals surface area contributed by atoms with Crippen molar-refractivity contribution < 1.29 is 9.72 Å². The lowest BCUT2D eigenvalue weighted by molar-refractivity contribution is -0.487. The number of Topliss-reactive ketones (excluding diaryl/α,β-unsaturated/α-hetero) is 1. The second-order valence-corrected chi connectivity index (χ2v) is 5.83. The number of carbonyl (C=O) groups is 1. The lowest BCUT2D eigenvalue weighted by atomic mass is 9.77. The molecule has 1 atom stereocenters. The molecule has 5 heteroatoms. The van der Waals surface area contributed by atoms with E-state index in [-0.39, 0.29) is 23.2 Å². The first-order valence-corrected chi connectivity index (χ1v) is 7.37. The van der Waals surface area contributed by atoms with E-state index in [4.69, 9.17) is 11.6 Å². The number of benzene rings is 1. The number of nitrogens with zero attached hydrogens (tertiary/aromatic N) is 1. The quantitative estimate of drug-likeness (QED) is 0.469. The summed E-state index contributed by atoms with van der Waals surface area (Å²) in [6.07, 6.45) is 5.12. The summed E-state index contributed by atoms with van der Waals surface area (Å²) in [5.41, 5.74) is 0.520. The van der Waals surface area contributed by atoms with E-state index in [1.54, 1.807) is 24.3 Å². The van der Waals surface area contributed by atoms with E-state index < -0.39 is 5.92 Å². The van der Waals surface area contributed by atoms with Gasteiger partial charge in [-0.25, -0.2) is 0 Å². The van der Waals surface area contributed by atoms with Gasteiger partial charge >= 0.3 is 0 Å². The lowest BCUT2D eigenvalue weighted by Gasteiger charge is -2.26. The monoisotopic (exact) mass is 295 g/mol. The molecule has 1 aliphatic rings. The molecule has 0 aromatic heterocycles. The lowest BCUT2D eigenvalue weighted by Crippen LogP contribution is -2.32. The van der Waals surface area contributed by atoms with Crippen LogP contribution in [0.4, 0.5) is 0 Å². The molecule has 0 aliphatic heterocycles. The third kappa shape index (κ3) is 3.79. The number of nitro groups is 1. The maximum Gasteiger partial charge on any atom is 0.214 e. The minimum absolute atomic E-state index is 0.120. The van der Waals surface area contributed by atoms with Crippen LogP contribution >= 0.6 is 11.6 Å². The topological polar surface area (TPSA) is 60.2 Å². The molecular weight excluding hydrogens is 278 g/mol. The number of hydrogen-bond acceptors (Lipinski definition) is 3. The first kappa shape index (κ1) is 15.0. The van der Waals surface area contributed by atoms with Crippen LogP contribution < -0.4 is 0 Å². The molecule has 0 saturated heterocycles. The van der Waals surface area contributed by atoms with Gasteiger partial charge in [-0.05, 0) is 43.0 Å². The molecular formula is C15H18ClNO3. The van der Waals surface area contributed by atoms with Crippen molar-refractivity contribution in [1.29, 1.82) is 0 Å². The second-order valence-electron chi connectivity index (χ2n) is 5.39. The fourth-order valence-electron chi connectivity index (χ4n) is 2.97. The van der Waals surface area contributed by atoms with Gasteiger partial charge < -0.3 is 0 Å². The van der Waals surface area contributed by atoms with E-state index in [0.29, 0.717) is 10.6 Å². The third-order valence-electron chi connectivity index (χ3n) is 4.03. The van der Waals surface area contributed by atoms with Crippen LogP contribution in [0.2, 0.25) is 5.02 Å². The molecule has 1 saturated carbocycles. The van der Waals surface area contributed by atoms with E-state index in [1.165, 1.54) is 0 Å². The summed E-state index contributed by atoms with van der Waals surface area (Å²) in [5.74, 6) is -0.492. The van der Waals surface area contributed by atoms with Crippen molar-refractivity contribution in [3.63, 3.8) is 0 Å². The molecule has 1 fully saturated rings. The highest BCUT2D eigenvalue weighted by molar-refractivity contribution is 6.30. The first-order valence-electron chi connectivity index (χ1n) is 6.99. The van der Waals surface area contributed by atoms with Gasteiger partial charge in [0.1, 0.15) is 0 Å². The summed E-state index contributed by atoms with van der Waals surface area (Å²) < 4.78 is 0. The molecule has 0 unspecified atom stereocenters. The van der Waals surface area contributed by atoms with Crippen molar-refractivity contribution >= 4 is 17.4 Å². The summed E-state index contributed by atoms with van der Waals surface area (Å²) in [5, 5.41) is 11.4. The van der Waals surface area contributed by atoms with Crippen molar-refractivity contribution in [1.82, 2.24) is 0 Å². The number of halogens is 1. The Morgan fingerprint density at radius 1 is 1.25 bits per heavy atom. The van der Waals surface area contributed by atoms with E-state index in [2.05, 4.69) is 0 Å². The Hall–Kier alpha value is -1.42. The Bertz CT molecular complexity index is 480. The van der Waals surface area contributed by atoms with Crippen LogP contribution in [0.1, 0.15) is 42.5 Å². The number of ketones is 1. The Labute approximate surface area is 123 Å². The van der Waals surface area contributed by atoms with Crippen molar-refractivity contribution in [3.05, 3.63) is 45.0 Å². The smallest absolute Gasteiger partial charge is 0.214 e. The van der Waals surface area contributed by atoms with E-state index in [0.717, 1.165) is 32.1 Å². The normalized spacial score (nSPS) is 17.6. The van der Waals surface area contributed by atoms with Crippen molar-refractivity contribution in [2.45, 2.75) is 32.1 Å². The van der Waals surface area contributed by atoms with Crippen LogP contribution in [0.15, 0.2) is 24.3 Å². The molecule has 0 amide bonds. The van der Waals surface area contributed by atoms with Crippen LogP contribution in [0, 0.1) is 22.0 Å². The minimum atomic E-state index is -0.508. The van der Waals surface area contributed by atoms with Gasteiger partial charge in [0, 0.05) is 15.5 Å². The molecule has 0 bridgehead atoms. The minimum Gasteiger partial charge on any atom is -0.294 e. The Kier molecular flexibility index (Phi) is 5.12. The predicted octanol–water partition coefficient (Wildman–Crippen LogP) is 4.00. The van der Waals surface area contributed by atoms with Crippen LogP contribution in [-0.2, 0) is 0 Å². The molecule has 1 aromatic rings. The zero-order valence-corrected chi connectivity index (χ0v) is 12.0. The first-order chi connectivity index (χ1) is 9.58. The van der Waals surface area contributed by atoms with Gasteiger partial charge in [0.15, 0.2) is 5.78 Å². The van der Waals surface area contributed by atoms with E-state index >= 15 is 0 Å². The van der Waals surface area contributed by atoms with Gasteiger partial charge in [0.25, 0.3) is 0 Å². The van der Waals surface area contributed by atoms with Gasteiger partial charge in [-0.3, -0.25) is 14.9 Å². The average Bonchev–Trinajstić information content (AvgIpc) is 2.45. The Balaban J connectivity index is 2.18. The molecule has 0 N–H and O–H groups in total. The SMILES string of the molecule is O=C(c1ccc(Cl)cc1)[C@@H](C[N+](=O)[O-])C1CCCCC1. The molecule has 2 rings (SSSR count). The van der Waals surface area contributed by atoms with Crippen LogP contribution in [-0.4, -0.2) is 17.3 Å². The molecule has 4 nitrogen and oxygen atoms in total. The van der Waals surface area contributed by atoms with Gasteiger partial charge in [-0.15, -0.1) is 0 Å². The summed E-state index contributed by atoms with van der Waals surface area (Å²) >= 11 is 5.81. The second kappa shape index (κ2) is 6.84. The fraction of sp³-hybridized carbons (Fsp3) is 0.533. The maximum absolute atomic E-state index is 12.5. The highest BCUT2D eigenvalue weighted by atomic mass is 35.5. The molecule has 0 spiro atoms. The fourth-order valence-corrected chi connectivity index (χ4v) is 3.10. The van der Waals surface area contributed by atoms with Gasteiger partial charge in [0.2, 0.25) is 6.54 Å². The maximum atomic E-state index is 12.5. The molecule has 1 aromatic carbocycles. The zero-order valence-electron chi connectivity index (χ0n) is 11.3. The Morgan fingerprint density at radius 3 is 2.40 bits per heavy atom. The van der Waals surface area contributed by atoms with E-state index in [1.807, 2.05) is 0 Å². The zero-order chi connectivity index (χ0) is 14.5. The summed E-state index contributed by atoms with van der Waals surface area (Å²) in [6, 6.07) is 6.61. The standard InChI is InChI=1S/C15H18ClNO3/c16-13-8-6-12(7-9-13)15(18)14(10-17(19)20)11-4-2-1-3-5-11/h6-9,11,14H,1-5,10H2/t14-/m0/s1. The molecule has 0 radical (unpaired) electrons. The highest BCUT2D eigenvalue weighted by Gasteiger charge is 2.33. The molecule has 108 valence electrons. The van der Waals surface area contributed by atoms with Crippen LogP contribution in [0.5, 0.6) is 0 Å². The summed E-state index contributed by atoms with van der Waals surface area (Å²) in [4.78, 5) is 23.0. The van der Waals surface area contributed by atoms with Crippen molar-refractivity contribution in [3.8, 4) is 0 Å². The molecule has 0 heterocycles. The third-order valence-corrected chi connectivity index (χ3v) is 4.28. The highest BCUT2D eigenvalue weighted by Crippen LogP contribution is 2.32. The summed E-state index contributed by atoms with van der Waals surface area (Å²) in [7, 11) is 0. The molecule has 1 aliphatic carbocycles. The number of carbonyl (C=O) groups excluding carboxylic acids is 1. The van der Waals surface area contributed by atoms with Gasteiger partial charge in [0.05, 0.1) is 5.92 Å². The molecule has 20 heavy (non-hydrogen) atoms.